The van der Waals surface area contributed by atoms with Gasteiger partial charge in [0, 0.05) is 7.11 Å². The fraction of sp³-hybridized carbons (Fsp3) is 0.750. The van der Waals surface area contributed by atoms with Gasteiger partial charge < -0.3 is 34.7 Å². The number of carbonyl (C=O) groups is 2. The average molecular weight is 238 g/mol. The molecule has 0 aromatic rings. The molecular weight excluding hydrogens is 224 g/mol. The Balaban J connectivity index is 4.24. The maximum absolute atomic E-state index is 10.4. The summed E-state index contributed by atoms with van der Waals surface area (Å²) in [5.74, 6) is 0. The Morgan fingerprint density at radius 2 is 1.88 bits per heavy atom. The molecule has 16 heavy (non-hydrogen) atoms. The zero-order valence-corrected chi connectivity index (χ0v) is 8.52. The average Bonchev–Trinajstić information content (AvgIpc) is 2.26. The van der Waals surface area contributed by atoms with E-state index in [1.54, 1.807) is 0 Å². The van der Waals surface area contributed by atoms with Crippen molar-refractivity contribution < 1.29 is 39.5 Å². The van der Waals surface area contributed by atoms with Gasteiger partial charge in [-0.2, -0.15) is 0 Å². The van der Waals surface area contributed by atoms with Crippen LogP contribution in [0.25, 0.3) is 0 Å². The van der Waals surface area contributed by atoms with Crippen molar-refractivity contribution in [2.24, 2.45) is 0 Å². The Morgan fingerprint density at radius 1 is 1.31 bits per heavy atom. The van der Waals surface area contributed by atoms with Crippen molar-refractivity contribution in [3.8, 4) is 0 Å². The summed E-state index contributed by atoms with van der Waals surface area (Å²) in [5.41, 5.74) is 0. The molecule has 0 spiro atoms. The van der Waals surface area contributed by atoms with E-state index >= 15 is 0 Å². The molecule has 0 amide bonds. The summed E-state index contributed by atoms with van der Waals surface area (Å²) in [6, 6.07) is 0. The molecule has 0 aromatic carbocycles. The smallest absolute Gasteiger partial charge is 0.450 e. The molecule has 0 radical (unpaired) electrons. The minimum Gasteiger partial charge on any atom is -0.450 e. The number of rotatable bonds is 7. The molecule has 0 saturated carbocycles. The van der Waals surface area contributed by atoms with Gasteiger partial charge in [0.2, 0.25) is 0 Å². The molecule has 0 aliphatic heterocycles. The Hall–Kier alpha value is -1.22. The van der Waals surface area contributed by atoms with Crippen molar-refractivity contribution >= 4 is 12.4 Å². The number of carboxylic acid groups (broad SMARTS) is 1. The number of hydrogen-bond acceptors (Lipinski definition) is 7. The lowest BCUT2D eigenvalue weighted by molar-refractivity contribution is -0.141. The van der Waals surface area contributed by atoms with E-state index in [0.717, 1.165) is 7.11 Å². The number of aldehydes is 1. The van der Waals surface area contributed by atoms with Crippen LogP contribution in [-0.2, 0) is 14.3 Å². The number of ether oxygens (including phenoxy) is 2. The van der Waals surface area contributed by atoms with Gasteiger partial charge in [-0.15, -0.1) is 0 Å². The quantitative estimate of drug-likeness (QED) is 0.295. The maximum Gasteiger partial charge on any atom is 0.505 e. The third-order valence-corrected chi connectivity index (χ3v) is 1.86. The van der Waals surface area contributed by atoms with Gasteiger partial charge in [-0.1, -0.05) is 0 Å². The largest absolute Gasteiger partial charge is 0.505 e. The van der Waals surface area contributed by atoms with Crippen LogP contribution in [0.2, 0.25) is 0 Å². The summed E-state index contributed by atoms with van der Waals surface area (Å²) in [4.78, 5) is 20.4. The summed E-state index contributed by atoms with van der Waals surface area (Å²) < 4.78 is 8.50. The SMILES string of the molecule is CO[C@@H](C=O)[C@@H](O)[C@H](O)[C@H](O)COC(=O)O. The maximum atomic E-state index is 10.4. The normalized spacial score (nSPS) is 18.2. The summed E-state index contributed by atoms with van der Waals surface area (Å²) >= 11 is 0. The van der Waals surface area contributed by atoms with Crippen molar-refractivity contribution in [2.75, 3.05) is 13.7 Å². The molecule has 0 fully saturated rings. The van der Waals surface area contributed by atoms with E-state index in [1.165, 1.54) is 0 Å². The molecule has 4 atom stereocenters. The summed E-state index contributed by atoms with van der Waals surface area (Å²) in [6.45, 7) is -0.719. The molecule has 0 rings (SSSR count). The molecule has 0 saturated heterocycles. The first-order valence-electron chi connectivity index (χ1n) is 4.32. The highest BCUT2D eigenvalue weighted by atomic mass is 16.7. The van der Waals surface area contributed by atoms with Crippen LogP contribution in [0.3, 0.4) is 0 Å². The molecule has 8 heteroatoms. The van der Waals surface area contributed by atoms with Gasteiger partial charge in [0.15, 0.2) is 6.29 Å². The number of hydrogen-bond donors (Lipinski definition) is 4. The van der Waals surface area contributed by atoms with E-state index in [0.29, 0.717) is 0 Å². The van der Waals surface area contributed by atoms with Gasteiger partial charge in [-0.05, 0) is 0 Å². The van der Waals surface area contributed by atoms with Crippen molar-refractivity contribution in [1.82, 2.24) is 0 Å². The lowest BCUT2D eigenvalue weighted by Crippen LogP contribution is -2.47. The lowest BCUT2D eigenvalue weighted by atomic mass is 10.0. The lowest BCUT2D eigenvalue weighted by Gasteiger charge is -2.25. The number of aliphatic hydroxyl groups excluding tert-OH is 3. The van der Waals surface area contributed by atoms with E-state index in [9.17, 15) is 24.9 Å². The first-order valence-corrected chi connectivity index (χ1v) is 4.32. The highest BCUT2D eigenvalue weighted by molar-refractivity contribution is 5.57. The van der Waals surface area contributed by atoms with Crippen LogP contribution in [0.4, 0.5) is 4.79 Å². The van der Waals surface area contributed by atoms with Gasteiger partial charge in [0.25, 0.3) is 0 Å². The summed E-state index contributed by atoms with van der Waals surface area (Å²) in [7, 11) is 1.13. The monoisotopic (exact) mass is 238 g/mol. The second-order valence-corrected chi connectivity index (χ2v) is 2.96. The second-order valence-electron chi connectivity index (χ2n) is 2.96. The molecule has 0 unspecified atom stereocenters. The van der Waals surface area contributed by atoms with Crippen molar-refractivity contribution in [1.29, 1.82) is 0 Å². The van der Waals surface area contributed by atoms with E-state index in [4.69, 9.17) is 5.11 Å². The van der Waals surface area contributed by atoms with E-state index in [1.807, 2.05) is 0 Å². The molecule has 0 aliphatic rings. The molecular formula is C8H14O8. The van der Waals surface area contributed by atoms with Crippen LogP contribution in [0.5, 0.6) is 0 Å². The van der Waals surface area contributed by atoms with E-state index < -0.39 is 37.2 Å². The third-order valence-electron chi connectivity index (χ3n) is 1.86. The summed E-state index contributed by atoms with van der Waals surface area (Å²) in [5, 5.41) is 36.0. The minimum atomic E-state index is -1.76. The zero-order valence-electron chi connectivity index (χ0n) is 8.52. The first kappa shape index (κ1) is 14.8. The zero-order chi connectivity index (χ0) is 12.7. The van der Waals surface area contributed by atoms with Crippen molar-refractivity contribution in [3.05, 3.63) is 0 Å². The highest BCUT2D eigenvalue weighted by Crippen LogP contribution is 2.06. The van der Waals surface area contributed by atoms with Crippen LogP contribution in [0.15, 0.2) is 0 Å². The molecule has 94 valence electrons. The van der Waals surface area contributed by atoms with Gasteiger partial charge in [0.1, 0.15) is 31.0 Å². The Labute approximate surface area is 91.0 Å². The predicted molar refractivity (Wildman–Crippen MR) is 48.9 cm³/mol. The molecule has 0 bridgehead atoms. The topological polar surface area (TPSA) is 134 Å². The van der Waals surface area contributed by atoms with Crippen LogP contribution < -0.4 is 0 Å². The van der Waals surface area contributed by atoms with Crippen LogP contribution in [0, 0.1) is 0 Å². The minimum absolute atomic E-state index is 0.249. The molecule has 4 N–H and O–H groups in total. The van der Waals surface area contributed by atoms with Crippen LogP contribution >= 0.6 is 0 Å². The van der Waals surface area contributed by atoms with Crippen molar-refractivity contribution in [3.63, 3.8) is 0 Å². The van der Waals surface area contributed by atoms with Crippen LogP contribution in [0.1, 0.15) is 0 Å². The van der Waals surface area contributed by atoms with Gasteiger partial charge in [0.05, 0.1) is 0 Å². The van der Waals surface area contributed by atoms with E-state index in [2.05, 4.69) is 9.47 Å². The van der Waals surface area contributed by atoms with E-state index in [-0.39, 0.29) is 6.29 Å². The Kier molecular flexibility index (Phi) is 6.58. The third kappa shape index (κ3) is 4.53. The fourth-order valence-corrected chi connectivity index (χ4v) is 0.953. The molecule has 0 aromatic heterocycles. The Bertz CT molecular complexity index is 230. The summed E-state index contributed by atoms with van der Waals surface area (Å²) in [6.07, 6.45) is -7.76. The predicted octanol–water partition coefficient (Wildman–Crippen LogP) is -2.02. The number of aliphatic hydroxyl groups is 3. The fourth-order valence-electron chi connectivity index (χ4n) is 0.953. The number of methoxy groups -OCH3 is 1. The van der Waals surface area contributed by atoms with Gasteiger partial charge in [-0.25, -0.2) is 4.79 Å². The standard InChI is InChI=1S/C8H14O8/c1-15-5(2-9)7(12)6(11)4(10)3-16-8(13)14/h2,4-7,10-12H,3H2,1H3,(H,13,14)/t4-,5+,6-,7-/m1/s1. The molecule has 0 aliphatic carbocycles. The number of carbonyl (C=O) groups excluding carboxylic acids is 1. The van der Waals surface area contributed by atoms with Crippen molar-refractivity contribution in [2.45, 2.75) is 24.4 Å². The van der Waals surface area contributed by atoms with Gasteiger partial charge in [-0.3, -0.25) is 0 Å². The Morgan fingerprint density at radius 3 is 2.25 bits per heavy atom. The van der Waals surface area contributed by atoms with Gasteiger partial charge >= 0.3 is 6.16 Å². The second kappa shape index (κ2) is 7.12. The van der Waals surface area contributed by atoms with Crippen LogP contribution in [-0.4, -0.2) is 71.0 Å². The molecule has 0 heterocycles. The highest BCUT2D eigenvalue weighted by Gasteiger charge is 2.31. The first-order chi connectivity index (χ1) is 7.43. The molecule has 8 nitrogen and oxygen atoms in total.